The number of nitrogens with one attached hydrogen (secondary N) is 1. The van der Waals surface area contributed by atoms with Gasteiger partial charge in [-0.05, 0) is 24.6 Å². The number of carboxylic acids is 1. The fourth-order valence-corrected chi connectivity index (χ4v) is 2.00. The van der Waals surface area contributed by atoms with Crippen molar-refractivity contribution in [1.82, 2.24) is 4.98 Å². The Hall–Kier alpha value is -2.43. The van der Waals surface area contributed by atoms with Gasteiger partial charge < -0.3 is 19.6 Å². The molecule has 1 aromatic carbocycles. The minimum atomic E-state index is -0.979. The number of aliphatic carboxylic acids is 1. The molecule has 100 valence electrons. The molecule has 0 amide bonds. The van der Waals surface area contributed by atoms with Crippen molar-refractivity contribution in [2.24, 2.45) is 0 Å². The number of fused-ring (bicyclic) bond motifs is 1. The predicted molar refractivity (Wildman–Crippen MR) is 72.8 cm³/mol. The number of aryl methyl sites for hydroxylation is 1. The van der Waals surface area contributed by atoms with E-state index in [4.69, 9.17) is 14.6 Å². The molecule has 0 aliphatic rings. The first kappa shape index (κ1) is 13.0. The summed E-state index contributed by atoms with van der Waals surface area (Å²) in [6, 6.07) is 3.71. The van der Waals surface area contributed by atoms with Crippen molar-refractivity contribution in [3.05, 3.63) is 29.5 Å². The molecule has 0 saturated heterocycles. The third kappa shape index (κ3) is 2.40. The molecule has 2 rings (SSSR count). The van der Waals surface area contributed by atoms with Gasteiger partial charge in [0.05, 0.1) is 19.7 Å². The third-order valence-electron chi connectivity index (χ3n) is 2.99. The summed E-state index contributed by atoms with van der Waals surface area (Å²) >= 11 is 0. The van der Waals surface area contributed by atoms with Crippen molar-refractivity contribution in [2.45, 2.75) is 6.92 Å². The van der Waals surface area contributed by atoms with Crippen molar-refractivity contribution in [3.8, 4) is 11.5 Å². The Kier molecular flexibility index (Phi) is 3.46. The Labute approximate surface area is 110 Å². The van der Waals surface area contributed by atoms with E-state index in [1.165, 1.54) is 6.08 Å². The highest BCUT2D eigenvalue weighted by molar-refractivity contribution is 5.92. The van der Waals surface area contributed by atoms with Gasteiger partial charge in [-0.15, -0.1) is 0 Å². The summed E-state index contributed by atoms with van der Waals surface area (Å²) in [4.78, 5) is 13.7. The number of hydrogen-bond acceptors (Lipinski definition) is 3. The minimum absolute atomic E-state index is 0.630. The Bertz CT molecular complexity index is 655. The topological polar surface area (TPSA) is 71.6 Å². The molecular formula is C14H15NO4. The van der Waals surface area contributed by atoms with E-state index < -0.39 is 5.97 Å². The Balaban J connectivity index is 2.59. The van der Waals surface area contributed by atoms with Crippen LogP contribution in [-0.2, 0) is 4.79 Å². The van der Waals surface area contributed by atoms with Gasteiger partial charge in [-0.25, -0.2) is 4.79 Å². The third-order valence-corrected chi connectivity index (χ3v) is 2.99. The molecule has 1 aromatic heterocycles. The molecule has 0 fully saturated rings. The highest BCUT2D eigenvalue weighted by Crippen LogP contribution is 2.34. The van der Waals surface area contributed by atoms with Crippen LogP contribution in [0.25, 0.3) is 17.0 Å². The molecule has 0 aliphatic carbocycles. The van der Waals surface area contributed by atoms with Gasteiger partial charge in [0.1, 0.15) is 0 Å². The zero-order valence-corrected chi connectivity index (χ0v) is 11.0. The van der Waals surface area contributed by atoms with E-state index in [-0.39, 0.29) is 0 Å². The number of hydrogen-bond donors (Lipinski definition) is 2. The second kappa shape index (κ2) is 5.06. The molecule has 0 unspecified atom stereocenters. The van der Waals surface area contributed by atoms with Crippen molar-refractivity contribution >= 4 is 22.9 Å². The van der Waals surface area contributed by atoms with Gasteiger partial charge in [-0.1, -0.05) is 0 Å². The van der Waals surface area contributed by atoms with Crippen molar-refractivity contribution in [2.75, 3.05) is 14.2 Å². The van der Waals surface area contributed by atoms with E-state index in [9.17, 15) is 4.79 Å². The number of H-pyrrole nitrogens is 1. The molecule has 0 radical (unpaired) electrons. The van der Waals surface area contributed by atoms with Gasteiger partial charge in [0, 0.05) is 23.2 Å². The van der Waals surface area contributed by atoms with E-state index in [2.05, 4.69) is 4.98 Å². The van der Waals surface area contributed by atoms with Crippen LogP contribution in [-0.4, -0.2) is 30.3 Å². The normalized spacial score (nSPS) is 11.1. The smallest absolute Gasteiger partial charge is 0.328 e. The van der Waals surface area contributed by atoms with Gasteiger partial charge in [-0.3, -0.25) is 0 Å². The molecular weight excluding hydrogens is 246 g/mol. The van der Waals surface area contributed by atoms with Gasteiger partial charge in [0.15, 0.2) is 11.5 Å². The van der Waals surface area contributed by atoms with Gasteiger partial charge in [-0.2, -0.15) is 0 Å². The average Bonchev–Trinajstić information content (AvgIpc) is 2.71. The maximum Gasteiger partial charge on any atom is 0.328 e. The second-order valence-electron chi connectivity index (χ2n) is 4.09. The van der Waals surface area contributed by atoms with E-state index in [1.807, 2.05) is 19.1 Å². The predicted octanol–water partition coefficient (Wildman–Crippen LogP) is 2.59. The SMILES string of the molecule is COc1cc2[nH]c(/C=C/C(=O)O)c(C)c2cc1OC. The Morgan fingerprint density at radius 1 is 1.26 bits per heavy atom. The number of rotatable bonds is 4. The van der Waals surface area contributed by atoms with Crippen LogP contribution < -0.4 is 9.47 Å². The number of aromatic amines is 1. The number of benzene rings is 1. The summed E-state index contributed by atoms with van der Waals surface area (Å²) in [7, 11) is 3.15. The molecule has 0 spiro atoms. The molecule has 0 bridgehead atoms. The fraction of sp³-hybridized carbons (Fsp3) is 0.214. The molecule has 5 nitrogen and oxygen atoms in total. The van der Waals surface area contributed by atoms with E-state index in [1.54, 1.807) is 14.2 Å². The van der Waals surface area contributed by atoms with Crippen LogP contribution in [0.4, 0.5) is 0 Å². The van der Waals surface area contributed by atoms with Gasteiger partial charge in [0.25, 0.3) is 0 Å². The average molecular weight is 261 g/mol. The van der Waals surface area contributed by atoms with Gasteiger partial charge >= 0.3 is 5.97 Å². The molecule has 2 aromatic rings. The molecule has 0 saturated carbocycles. The fourth-order valence-electron chi connectivity index (χ4n) is 2.00. The minimum Gasteiger partial charge on any atom is -0.493 e. The Morgan fingerprint density at radius 2 is 1.89 bits per heavy atom. The number of carboxylic acid groups (broad SMARTS) is 1. The lowest BCUT2D eigenvalue weighted by molar-refractivity contribution is -0.131. The van der Waals surface area contributed by atoms with Crippen molar-refractivity contribution < 1.29 is 19.4 Å². The highest BCUT2D eigenvalue weighted by atomic mass is 16.5. The number of aromatic nitrogens is 1. The summed E-state index contributed by atoms with van der Waals surface area (Å²) < 4.78 is 10.5. The number of ether oxygens (including phenoxy) is 2. The first-order valence-corrected chi connectivity index (χ1v) is 5.72. The van der Waals surface area contributed by atoms with Crippen LogP contribution in [0.2, 0.25) is 0 Å². The zero-order chi connectivity index (χ0) is 14.0. The summed E-state index contributed by atoms with van der Waals surface area (Å²) in [6.07, 6.45) is 2.64. The molecule has 2 N–H and O–H groups in total. The van der Waals surface area contributed by atoms with Crippen molar-refractivity contribution in [1.29, 1.82) is 0 Å². The van der Waals surface area contributed by atoms with Crippen LogP contribution in [0, 0.1) is 6.92 Å². The lowest BCUT2D eigenvalue weighted by atomic mass is 10.1. The van der Waals surface area contributed by atoms with Crippen LogP contribution >= 0.6 is 0 Å². The molecule has 0 aliphatic heterocycles. The van der Waals surface area contributed by atoms with E-state index >= 15 is 0 Å². The first-order chi connectivity index (χ1) is 9.06. The van der Waals surface area contributed by atoms with Crippen LogP contribution in [0.5, 0.6) is 11.5 Å². The number of methoxy groups -OCH3 is 2. The molecule has 19 heavy (non-hydrogen) atoms. The summed E-state index contributed by atoms with van der Waals surface area (Å²) in [5.41, 5.74) is 2.60. The second-order valence-corrected chi connectivity index (χ2v) is 4.09. The van der Waals surface area contributed by atoms with Crippen LogP contribution in [0.1, 0.15) is 11.3 Å². The molecule has 1 heterocycles. The molecule has 0 atom stereocenters. The summed E-state index contributed by atoms with van der Waals surface area (Å²) in [5, 5.41) is 9.64. The molecule has 5 heteroatoms. The largest absolute Gasteiger partial charge is 0.493 e. The lowest BCUT2D eigenvalue weighted by Crippen LogP contribution is -1.90. The summed E-state index contributed by atoms with van der Waals surface area (Å²) in [6.45, 7) is 1.92. The Morgan fingerprint density at radius 3 is 2.47 bits per heavy atom. The van der Waals surface area contributed by atoms with E-state index in [0.717, 1.165) is 28.2 Å². The first-order valence-electron chi connectivity index (χ1n) is 5.72. The number of carbonyl (C=O) groups is 1. The standard InChI is InChI=1S/C14H15NO4/c1-8-9-6-12(18-2)13(19-3)7-11(9)15-10(8)4-5-14(16)17/h4-7,15H,1-3H3,(H,16,17)/b5-4+. The van der Waals surface area contributed by atoms with Gasteiger partial charge in [0.2, 0.25) is 0 Å². The quantitative estimate of drug-likeness (QED) is 0.830. The van der Waals surface area contributed by atoms with Crippen molar-refractivity contribution in [3.63, 3.8) is 0 Å². The zero-order valence-electron chi connectivity index (χ0n) is 11.0. The maximum absolute atomic E-state index is 10.6. The monoisotopic (exact) mass is 261 g/mol. The van der Waals surface area contributed by atoms with Crippen LogP contribution in [0.15, 0.2) is 18.2 Å². The highest BCUT2D eigenvalue weighted by Gasteiger charge is 2.11. The maximum atomic E-state index is 10.6. The summed E-state index contributed by atoms with van der Waals surface area (Å²) in [5.74, 6) is 0.295. The van der Waals surface area contributed by atoms with Crippen LogP contribution in [0.3, 0.4) is 0 Å². The lowest BCUT2D eigenvalue weighted by Gasteiger charge is -2.07. The van der Waals surface area contributed by atoms with E-state index in [0.29, 0.717) is 11.5 Å².